The van der Waals surface area contributed by atoms with E-state index in [2.05, 4.69) is 5.32 Å². The zero-order chi connectivity index (χ0) is 17.6. The predicted octanol–water partition coefficient (Wildman–Crippen LogP) is 4.04. The first-order chi connectivity index (χ1) is 10.7. The molecule has 128 valence electrons. The molecule has 9 heteroatoms. The summed E-state index contributed by atoms with van der Waals surface area (Å²) in [5.74, 6) is -4.10. The Morgan fingerprint density at radius 1 is 1.30 bits per heavy atom. The van der Waals surface area contributed by atoms with Crippen LogP contribution in [-0.4, -0.2) is 30.8 Å². The lowest BCUT2D eigenvalue weighted by atomic mass is 10.1. The summed E-state index contributed by atoms with van der Waals surface area (Å²) in [4.78, 5) is 23.6. The van der Waals surface area contributed by atoms with Crippen LogP contribution in [0.25, 0.3) is 0 Å². The smallest absolute Gasteiger partial charge is 0.322 e. The van der Waals surface area contributed by atoms with Gasteiger partial charge in [0.2, 0.25) is 0 Å². The van der Waals surface area contributed by atoms with E-state index < -0.39 is 19.4 Å². The van der Waals surface area contributed by atoms with E-state index in [-0.39, 0.29) is 30.2 Å². The molecule has 0 radical (unpaired) electrons. The maximum absolute atomic E-state index is 14.3. The SMILES string of the molecule is CCOP(=O)(OCC)C(F)C(=O)Nc1ccc(Cl)cc1C(C)=O. The van der Waals surface area contributed by atoms with Gasteiger partial charge in [0.15, 0.2) is 5.78 Å². The molecule has 1 atom stereocenters. The minimum absolute atomic E-state index is 0.0640. The quantitative estimate of drug-likeness (QED) is 0.555. The fraction of sp³-hybridized carbons (Fsp3) is 0.429. The van der Waals surface area contributed by atoms with Gasteiger partial charge in [-0.3, -0.25) is 14.2 Å². The number of anilines is 1. The highest BCUT2D eigenvalue weighted by Gasteiger charge is 2.41. The van der Waals surface area contributed by atoms with Crippen molar-refractivity contribution in [3.63, 3.8) is 0 Å². The molecular formula is C14H18ClFNO5P. The number of ketones is 1. The highest BCUT2D eigenvalue weighted by molar-refractivity contribution is 7.55. The number of carbonyl (C=O) groups is 2. The van der Waals surface area contributed by atoms with Crippen LogP contribution in [0.15, 0.2) is 18.2 Å². The van der Waals surface area contributed by atoms with Gasteiger partial charge in [0.1, 0.15) is 0 Å². The number of rotatable bonds is 8. The van der Waals surface area contributed by atoms with Crippen molar-refractivity contribution in [2.24, 2.45) is 0 Å². The van der Waals surface area contributed by atoms with Crippen LogP contribution in [0.5, 0.6) is 0 Å². The highest BCUT2D eigenvalue weighted by atomic mass is 35.5. The monoisotopic (exact) mass is 365 g/mol. The molecule has 1 N–H and O–H groups in total. The summed E-state index contributed by atoms with van der Waals surface area (Å²) in [5, 5.41) is 2.51. The Morgan fingerprint density at radius 2 is 1.87 bits per heavy atom. The van der Waals surface area contributed by atoms with Crippen molar-refractivity contribution >= 4 is 36.6 Å². The number of Topliss-reactive ketones (excluding diaryl/α,β-unsaturated/α-hetero) is 1. The normalized spacial score (nSPS) is 12.7. The average Bonchev–Trinajstić information content (AvgIpc) is 2.48. The van der Waals surface area contributed by atoms with Crippen molar-refractivity contribution < 1.29 is 27.6 Å². The van der Waals surface area contributed by atoms with Crippen molar-refractivity contribution in [2.75, 3.05) is 18.5 Å². The second-order valence-electron chi connectivity index (χ2n) is 4.45. The summed E-state index contributed by atoms with van der Waals surface area (Å²) < 4.78 is 36.1. The van der Waals surface area contributed by atoms with Gasteiger partial charge in [-0.05, 0) is 39.0 Å². The molecule has 0 aromatic heterocycles. The molecule has 1 amide bonds. The van der Waals surface area contributed by atoms with Crippen molar-refractivity contribution in [1.82, 2.24) is 0 Å². The molecule has 0 spiro atoms. The standard InChI is InChI=1S/C14H18ClFNO5P/c1-4-21-23(20,22-5-2)13(16)14(19)17-12-7-6-10(15)8-11(12)9(3)18/h6-8,13H,4-5H2,1-3H3,(H,17,19). The fourth-order valence-electron chi connectivity index (χ4n) is 1.78. The fourth-order valence-corrected chi connectivity index (χ4v) is 3.36. The van der Waals surface area contributed by atoms with E-state index in [1.165, 1.54) is 39.0 Å². The molecule has 0 saturated heterocycles. The summed E-state index contributed by atoms with van der Waals surface area (Å²) in [6.07, 6.45) is 0. The van der Waals surface area contributed by atoms with E-state index in [0.717, 1.165) is 0 Å². The second kappa shape index (κ2) is 8.55. The molecular weight excluding hydrogens is 348 g/mol. The molecule has 1 rings (SSSR count). The van der Waals surface area contributed by atoms with Gasteiger partial charge in [0, 0.05) is 10.6 Å². The van der Waals surface area contributed by atoms with E-state index >= 15 is 0 Å². The third-order valence-corrected chi connectivity index (χ3v) is 4.99. The summed E-state index contributed by atoms with van der Waals surface area (Å²) in [7, 11) is -4.24. The van der Waals surface area contributed by atoms with Crippen LogP contribution in [0.1, 0.15) is 31.1 Å². The Labute approximate surface area is 138 Å². The Balaban J connectivity index is 3.03. The molecule has 0 bridgehead atoms. The van der Waals surface area contributed by atoms with E-state index in [1.807, 2.05) is 0 Å². The summed E-state index contributed by atoms with van der Waals surface area (Å²) in [6.45, 7) is 4.13. The summed E-state index contributed by atoms with van der Waals surface area (Å²) >= 11 is 5.79. The lowest BCUT2D eigenvalue weighted by Gasteiger charge is -2.20. The molecule has 0 fully saturated rings. The van der Waals surface area contributed by atoms with Gasteiger partial charge >= 0.3 is 7.60 Å². The first-order valence-corrected chi connectivity index (χ1v) is 8.88. The van der Waals surface area contributed by atoms with Gasteiger partial charge in [-0.15, -0.1) is 0 Å². The Bertz CT molecular complexity index is 630. The van der Waals surface area contributed by atoms with E-state index in [4.69, 9.17) is 20.6 Å². The lowest BCUT2D eigenvalue weighted by Crippen LogP contribution is -2.26. The molecule has 23 heavy (non-hydrogen) atoms. The van der Waals surface area contributed by atoms with E-state index in [9.17, 15) is 18.5 Å². The average molecular weight is 366 g/mol. The second-order valence-corrected chi connectivity index (χ2v) is 6.93. The number of halogens is 2. The topological polar surface area (TPSA) is 81.7 Å². The molecule has 0 aliphatic heterocycles. The lowest BCUT2D eigenvalue weighted by molar-refractivity contribution is -0.118. The Morgan fingerprint density at radius 3 is 2.35 bits per heavy atom. The van der Waals surface area contributed by atoms with Crippen LogP contribution in [0.3, 0.4) is 0 Å². The molecule has 1 unspecified atom stereocenters. The maximum atomic E-state index is 14.3. The number of nitrogens with one attached hydrogen (secondary N) is 1. The van der Waals surface area contributed by atoms with Gasteiger partial charge in [-0.25, -0.2) is 4.39 Å². The zero-order valence-corrected chi connectivity index (χ0v) is 14.6. The van der Waals surface area contributed by atoms with Gasteiger partial charge in [-0.1, -0.05) is 11.6 Å². The number of benzene rings is 1. The van der Waals surface area contributed by atoms with Gasteiger partial charge in [0.05, 0.1) is 18.9 Å². The number of carbonyl (C=O) groups excluding carboxylic acids is 2. The van der Waals surface area contributed by atoms with Gasteiger partial charge in [0.25, 0.3) is 11.8 Å². The van der Waals surface area contributed by atoms with E-state index in [0.29, 0.717) is 5.02 Å². The van der Waals surface area contributed by atoms with Crippen molar-refractivity contribution in [1.29, 1.82) is 0 Å². The van der Waals surface area contributed by atoms with Crippen LogP contribution < -0.4 is 5.32 Å². The third kappa shape index (κ3) is 5.11. The molecule has 1 aromatic rings. The third-order valence-electron chi connectivity index (χ3n) is 2.73. The largest absolute Gasteiger partial charge is 0.374 e. The van der Waals surface area contributed by atoms with Crippen LogP contribution in [0.4, 0.5) is 10.1 Å². The molecule has 0 aliphatic carbocycles. The summed E-state index contributed by atoms with van der Waals surface area (Å²) in [5.41, 5.74) is 0.176. The van der Waals surface area contributed by atoms with Crippen molar-refractivity contribution in [3.05, 3.63) is 28.8 Å². The first kappa shape index (κ1) is 19.8. The molecule has 6 nitrogen and oxygen atoms in total. The van der Waals surface area contributed by atoms with Crippen LogP contribution in [0.2, 0.25) is 5.02 Å². The number of alkyl halides is 1. The van der Waals surface area contributed by atoms with Gasteiger partial charge < -0.3 is 14.4 Å². The minimum atomic E-state index is -4.24. The number of hydrogen-bond acceptors (Lipinski definition) is 5. The van der Waals surface area contributed by atoms with Crippen molar-refractivity contribution in [2.45, 2.75) is 26.7 Å². The minimum Gasteiger partial charge on any atom is -0.322 e. The zero-order valence-electron chi connectivity index (χ0n) is 13.0. The van der Waals surface area contributed by atoms with Crippen molar-refractivity contribution in [3.8, 4) is 0 Å². The predicted molar refractivity (Wildman–Crippen MR) is 85.8 cm³/mol. The molecule has 0 aliphatic rings. The van der Waals surface area contributed by atoms with Gasteiger partial charge in [-0.2, -0.15) is 0 Å². The molecule has 0 saturated carbocycles. The number of hydrogen-bond donors (Lipinski definition) is 1. The highest BCUT2D eigenvalue weighted by Crippen LogP contribution is 2.53. The summed E-state index contributed by atoms with van der Waals surface area (Å²) in [6, 6.07) is 4.13. The maximum Gasteiger partial charge on any atom is 0.374 e. The van der Waals surface area contributed by atoms with Crippen LogP contribution in [-0.2, 0) is 18.4 Å². The Hall–Kier alpha value is -1.27. The van der Waals surface area contributed by atoms with E-state index in [1.54, 1.807) is 0 Å². The van der Waals surface area contributed by atoms with Crippen LogP contribution >= 0.6 is 19.2 Å². The molecule has 0 heterocycles. The number of amides is 1. The van der Waals surface area contributed by atoms with Crippen LogP contribution in [0, 0.1) is 0 Å². The molecule has 1 aromatic carbocycles. The first-order valence-electron chi connectivity index (χ1n) is 6.89. The Kier molecular flexibility index (Phi) is 7.35.